The minimum Gasteiger partial charge on any atom is -0.312 e. The molecular weight excluding hydrogens is 362 g/mol. The Morgan fingerprint density at radius 3 is 2.93 bits per heavy atom. The van der Waals surface area contributed by atoms with Gasteiger partial charge in [0.25, 0.3) is 11.6 Å². The second-order valence-electron chi connectivity index (χ2n) is 6.88. The molecule has 140 valence electrons. The number of carbonyl (C=O) groups is 1. The number of hydrogen-bond acceptors (Lipinski definition) is 5. The van der Waals surface area contributed by atoms with Crippen LogP contribution in [0.1, 0.15) is 58.1 Å². The highest BCUT2D eigenvalue weighted by atomic mass is 32.1. The fourth-order valence-corrected chi connectivity index (χ4v) is 5.06. The summed E-state index contributed by atoms with van der Waals surface area (Å²) in [6.45, 7) is 3.74. The third-order valence-electron chi connectivity index (χ3n) is 5.15. The van der Waals surface area contributed by atoms with Gasteiger partial charge < -0.3 is 5.32 Å². The minimum absolute atomic E-state index is 0.0870. The normalized spacial score (nSPS) is 15.7. The molecule has 0 spiro atoms. The third-order valence-corrected chi connectivity index (χ3v) is 6.32. The van der Waals surface area contributed by atoms with E-state index in [1.165, 1.54) is 34.8 Å². The Bertz CT molecular complexity index is 943. The smallest absolute Gasteiger partial charge is 0.273 e. The molecule has 1 N–H and O–H groups in total. The van der Waals surface area contributed by atoms with E-state index in [1.807, 2.05) is 0 Å². The van der Waals surface area contributed by atoms with Crippen molar-refractivity contribution in [1.29, 1.82) is 5.26 Å². The predicted molar refractivity (Wildman–Crippen MR) is 105 cm³/mol. The first kappa shape index (κ1) is 19.1. The Hall–Kier alpha value is -2.72. The van der Waals surface area contributed by atoms with Gasteiger partial charge in [0.05, 0.1) is 10.5 Å². The maximum atomic E-state index is 12.7. The van der Waals surface area contributed by atoms with Crippen molar-refractivity contribution in [1.82, 2.24) is 0 Å². The van der Waals surface area contributed by atoms with Gasteiger partial charge >= 0.3 is 0 Å². The van der Waals surface area contributed by atoms with Crippen molar-refractivity contribution in [3.8, 4) is 6.07 Å². The largest absolute Gasteiger partial charge is 0.312 e. The quantitative estimate of drug-likeness (QED) is 0.581. The number of nitrogens with one attached hydrogen (secondary N) is 1. The maximum Gasteiger partial charge on any atom is 0.273 e. The van der Waals surface area contributed by atoms with Crippen LogP contribution in [0.2, 0.25) is 0 Å². The van der Waals surface area contributed by atoms with Crippen LogP contribution in [-0.2, 0) is 12.8 Å². The van der Waals surface area contributed by atoms with Crippen molar-refractivity contribution in [2.24, 2.45) is 5.92 Å². The van der Waals surface area contributed by atoms with Crippen LogP contribution < -0.4 is 5.32 Å². The minimum atomic E-state index is -0.495. The van der Waals surface area contributed by atoms with Crippen LogP contribution in [0.5, 0.6) is 0 Å². The fourth-order valence-electron chi connectivity index (χ4n) is 3.75. The molecule has 1 aliphatic rings. The van der Waals surface area contributed by atoms with Gasteiger partial charge in [-0.3, -0.25) is 14.9 Å². The first-order valence-electron chi connectivity index (χ1n) is 9.06. The van der Waals surface area contributed by atoms with Crippen molar-refractivity contribution in [3.63, 3.8) is 0 Å². The standard InChI is InChI=1S/C20H21N3O3S/c1-3-5-13-8-9-15-16(11-21)20(27-18(15)10-13)22-19(24)14-6-4-7-17(12(14)2)23(25)26/h4,6-7,13H,3,5,8-10H2,1-2H3,(H,22,24)/t13-/m0/s1. The number of rotatable bonds is 5. The van der Waals surface area contributed by atoms with E-state index in [9.17, 15) is 20.2 Å². The molecule has 27 heavy (non-hydrogen) atoms. The van der Waals surface area contributed by atoms with Gasteiger partial charge in [0.2, 0.25) is 0 Å². The van der Waals surface area contributed by atoms with Crippen molar-refractivity contribution in [3.05, 3.63) is 55.4 Å². The zero-order valence-electron chi connectivity index (χ0n) is 15.4. The van der Waals surface area contributed by atoms with Gasteiger partial charge in [-0.1, -0.05) is 25.8 Å². The second kappa shape index (κ2) is 7.89. The van der Waals surface area contributed by atoms with E-state index in [-0.39, 0.29) is 11.3 Å². The van der Waals surface area contributed by atoms with Gasteiger partial charge in [0, 0.05) is 22.1 Å². The lowest BCUT2D eigenvalue weighted by Gasteiger charge is -2.21. The number of thiophene rings is 1. The number of anilines is 1. The Morgan fingerprint density at radius 1 is 1.48 bits per heavy atom. The van der Waals surface area contributed by atoms with Gasteiger partial charge in [0.1, 0.15) is 11.1 Å². The molecule has 1 heterocycles. The van der Waals surface area contributed by atoms with Crippen LogP contribution in [0.25, 0.3) is 0 Å². The van der Waals surface area contributed by atoms with E-state index < -0.39 is 10.8 Å². The van der Waals surface area contributed by atoms with Crippen LogP contribution in [0.4, 0.5) is 10.7 Å². The topological polar surface area (TPSA) is 96.0 Å². The molecule has 1 amide bonds. The molecule has 1 aromatic heterocycles. The van der Waals surface area contributed by atoms with E-state index in [1.54, 1.807) is 13.0 Å². The lowest BCUT2D eigenvalue weighted by molar-refractivity contribution is -0.385. The van der Waals surface area contributed by atoms with Gasteiger partial charge in [-0.2, -0.15) is 5.26 Å². The summed E-state index contributed by atoms with van der Waals surface area (Å²) in [5.41, 5.74) is 2.09. The second-order valence-corrected chi connectivity index (χ2v) is 7.98. The molecule has 1 aromatic carbocycles. The first-order valence-corrected chi connectivity index (χ1v) is 9.87. The summed E-state index contributed by atoms with van der Waals surface area (Å²) in [6.07, 6.45) is 5.21. The third kappa shape index (κ3) is 3.71. The summed E-state index contributed by atoms with van der Waals surface area (Å²) in [4.78, 5) is 24.5. The number of fused-ring (bicyclic) bond motifs is 1. The number of carbonyl (C=O) groups excluding carboxylic acids is 1. The number of nitro benzene ring substituents is 1. The molecule has 1 atom stereocenters. The highest BCUT2D eigenvalue weighted by molar-refractivity contribution is 7.16. The van der Waals surface area contributed by atoms with E-state index in [2.05, 4.69) is 18.3 Å². The lowest BCUT2D eigenvalue weighted by atomic mass is 9.85. The number of hydrogen-bond donors (Lipinski definition) is 1. The average molecular weight is 383 g/mol. The Morgan fingerprint density at radius 2 is 2.26 bits per heavy atom. The van der Waals surface area contributed by atoms with Gasteiger partial charge in [-0.15, -0.1) is 11.3 Å². The molecule has 2 aromatic rings. The number of nitro groups is 1. The number of nitriles is 1. The highest BCUT2D eigenvalue weighted by Gasteiger charge is 2.27. The molecule has 0 saturated carbocycles. The van der Waals surface area contributed by atoms with E-state index in [0.717, 1.165) is 31.2 Å². The highest BCUT2D eigenvalue weighted by Crippen LogP contribution is 2.40. The van der Waals surface area contributed by atoms with Crippen molar-refractivity contribution >= 4 is 27.9 Å². The zero-order valence-corrected chi connectivity index (χ0v) is 16.2. The summed E-state index contributed by atoms with van der Waals surface area (Å²) in [5.74, 6) is 0.215. The molecule has 0 bridgehead atoms. The van der Waals surface area contributed by atoms with Crippen LogP contribution in [0, 0.1) is 34.3 Å². The fraction of sp³-hybridized carbons (Fsp3) is 0.400. The van der Waals surface area contributed by atoms with E-state index >= 15 is 0 Å². The molecule has 0 aliphatic heterocycles. The molecule has 7 heteroatoms. The summed E-state index contributed by atoms with van der Waals surface area (Å²) in [6, 6.07) is 6.68. The summed E-state index contributed by atoms with van der Waals surface area (Å²) in [7, 11) is 0. The SMILES string of the molecule is CCC[C@H]1CCc2c(sc(NC(=O)c3cccc([N+](=O)[O-])c3C)c2C#N)C1. The molecular formula is C20H21N3O3S. The van der Waals surface area contributed by atoms with E-state index in [0.29, 0.717) is 22.0 Å². The van der Waals surface area contributed by atoms with Crippen LogP contribution >= 0.6 is 11.3 Å². The predicted octanol–water partition coefficient (Wildman–Crippen LogP) is 4.99. The maximum absolute atomic E-state index is 12.7. The van der Waals surface area contributed by atoms with Crippen LogP contribution in [-0.4, -0.2) is 10.8 Å². The molecule has 3 rings (SSSR count). The Kier molecular flexibility index (Phi) is 5.57. The molecule has 0 saturated heterocycles. The molecule has 6 nitrogen and oxygen atoms in total. The zero-order chi connectivity index (χ0) is 19.6. The summed E-state index contributed by atoms with van der Waals surface area (Å²) in [5, 5.41) is 24.1. The Balaban J connectivity index is 1.89. The Labute approximate surface area is 162 Å². The molecule has 1 aliphatic carbocycles. The number of nitrogens with zero attached hydrogens (tertiary/aromatic N) is 2. The van der Waals surface area contributed by atoms with Gasteiger partial charge in [-0.05, 0) is 43.7 Å². The summed E-state index contributed by atoms with van der Waals surface area (Å²) >= 11 is 1.47. The van der Waals surface area contributed by atoms with Crippen molar-refractivity contribution in [2.45, 2.75) is 46.0 Å². The lowest BCUT2D eigenvalue weighted by Crippen LogP contribution is -2.14. The van der Waals surface area contributed by atoms with Gasteiger partial charge in [0.15, 0.2) is 0 Å². The van der Waals surface area contributed by atoms with Crippen LogP contribution in [0.3, 0.4) is 0 Å². The monoisotopic (exact) mass is 383 g/mol. The van der Waals surface area contributed by atoms with Crippen molar-refractivity contribution in [2.75, 3.05) is 5.32 Å². The number of amides is 1. The van der Waals surface area contributed by atoms with Crippen LogP contribution in [0.15, 0.2) is 18.2 Å². The summed E-state index contributed by atoms with van der Waals surface area (Å²) < 4.78 is 0. The average Bonchev–Trinajstić information content (AvgIpc) is 2.97. The molecule has 0 radical (unpaired) electrons. The first-order chi connectivity index (χ1) is 13.0. The molecule has 0 unspecified atom stereocenters. The van der Waals surface area contributed by atoms with Crippen molar-refractivity contribution < 1.29 is 9.72 Å². The molecule has 0 fully saturated rings. The van der Waals surface area contributed by atoms with E-state index in [4.69, 9.17) is 0 Å². The van der Waals surface area contributed by atoms with Gasteiger partial charge in [-0.25, -0.2) is 0 Å². The number of benzene rings is 1.